The van der Waals surface area contributed by atoms with Crippen molar-refractivity contribution in [1.29, 1.82) is 0 Å². The highest BCUT2D eigenvalue weighted by Gasteiger charge is 2.22. The van der Waals surface area contributed by atoms with Gasteiger partial charge in [-0.05, 0) is 49.9 Å². The number of hydrogen-bond donors (Lipinski definition) is 0. The molecule has 1 fully saturated rings. The van der Waals surface area contributed by atoms with Crippen LogP contribution in [0.2, 0.25) is 0 Å². The van der Waals surface area contributed by atoms with E-state index in [1.807, 2.05) is 0 Å². The predicted octanol–water partition coefficient (Wildman–Crippen LogP) is 6.22. The molecule has 0 aromatic heterocycles. The van der Waals surface area contributed by atoms with E-state index in [0.29, 0.717) is 0 Å². The second kappa shape index (κ2) is 8.77. The first-order valence-corrected chi connectivity index (χ1v) is 8.24. The molecule has 0 spiro atoms. The molecule has 1 rings (SSSR count). The average Bonchev–Trinajstić information content (AvgIpc) is 2.36. The molecule has 0 bridgehead atoms. The summed E-state index contributed by atoms with van der Waals surface area (Å²) in [6.45, 7) is 9.30. The summed E-state index contributed by atoms with van der Waals surface area (Å²) in [5, 5.41) is 0. The molecule has 0 saturated heterocycles. The largest absolute Gasteiger partial charge is 0.0917 e. The molecule has 1 saturated carbocycles. The highest BCUT2D eigenvalue weighted by Crippen LogP contribution is 2.35. The lowest BCUT2D eigenvalue weighted by atomic mass is 9.76. The Kier molecular flexibility index (Phi) is 7.70. The lowest BCUT2D eigenvalue weighted by Crippen LogP contribution is -2.17. The van der Waals surface area contributed by atoms with Gasteiger partial charge in [-0.3, -0.25) is 0 Å². The van der Waals surface area contributed by atoms with Crippen molar-refractivity contribution in [2.75, 3.05) is 0 Å². The summed E-state index contributed by atoms with van der Waals surface area (Å²) in [5.41, 5.74) is 0. The quantitative estimate of drug-likeness (QED) is 0.470. The molecule has 0 radical (unpaired) electrons. The van der Waals surface area contributed by atoms with Crippen LogP contribution in [0, 0.1) is 23.7 Å². The van der Waals surface area contributed by atoms with Gasteiger partial charge in [0.05, 0.1) is 0 Å². The van der Waals surface area contributed by atoms with Crippen molar-refractivity contribution in [1.82, 2.24) is 0 Å². The van der Waals surface area contributed by atoms with Crippen LogP contribution in [0.4, 0.5) is 0 Å². The zero-order chi connectivity index (χ0) is 13.4. The third kappa shape index (κ3) is 6.07. The summed E-state index contributed by atoms with van der Waals surface area (Å²) >= 11 is 0. The average molecular weight is 250 g/mol. The van der Waals surface area contributed by atoms with Crippen molar-refractivity contribution >= 4 is 0 Å². The van der Waals surface area contributed by atoms with Gasteiger partial charge in [0.15, 0.2) is 0 Å². The smallest absolute Gasteiger partial charge is 0.0348 e. The van der Waals surface area contributed by atoms with Crippen LogP contribution >= 0.6 is 0 Å². The molecule has 0 N–H and O–H groups in total. The minimum absolute atomic E-state index is 0.860. The third-order valence-corrected chi connectivity index (χ3v) is 5.04. The Morgan fingerprint density at radius 2 is 1.72 bits per heavy atom. The van der Waals surface area contributed by atoms with Gasteiger partial charge in [0, 0.05) is 0 Å². The molecule has 0 heteroatoms. The summed E-state index contributed by atoms with van der Waals surface area (Å²) in [7, 11) is 0. The van der Waals surface area contributed by atoms with Gasteiger partial charge >= 0.3 is 0 Å². The number of hydrogen-bond acceptors (Lipinski definition) is 0. The molecule has 0 heterocycles. The first-order valence-electron chi connectivity index (χ1n) is 8.24. The Labute approximate surface area is 115 Å². The fourth-order valence-corrected chi connectivity index (χ4v) is 3.26. The maximum Gasteiger partial charge on any atom is -0.0348 e. The minimum atomic E-state index is 0.860. The first kappa shape index (κ1) is 15.8. The van der Waals surface area contributed by atoms with Crippen molar-refractivity contribution < 1.29 is 0 Å². The van der Waals surface area contributed by atoms with E-state index in [0.717, 1.165) is 23.7 Å². The van der Waals surface area contributed by atoms with Crippen LogP contribution in [0.5, 0.6) is 0 Å². The van der Waals surface area contributed by atoms with Crippen molar-refractivity contribution in [2.24, 2.45) is 23.7 Å². The fourth-order valence-electron chi connectivity index (χ4n) is 3.26. The third-order valence-electron chi connectivity index (χ3n) is 5.04. The van der Waals surface area contributed by atoms with Crippen molar-refractivity contribution in [3.63, 3.8) is 0 Å². The zero-order valence-electron chi connectivity index (χ0n) is 13.1. The van der Waals surface area contributed by atoms with Crippen molar-refractivity contribution in [3.8, 4) is 0 Å². The predicted molar refractivity (Wildman–Crippen MR) is 82.7 cm³/mol. The summed E-state index contributed by atoms with van der Waals surface area (Å²) in [6, 6.07) is 0. The summed E-state index contributed by atoms with van der Waals surface area (Å²) < 4.78 is 0. The van der Waals surface area contributed by atoms with E-state index >= 15 is 0 Å². The van der Waals surface area contributed by atoms with Gasteiger partial charge in [-0.1, -0.05) is 65.0 Å². The van der Waals surface area contributed by atoms with Crippen LogP contribution in [0.1, 0.15) is 79.1 Å². The van der Waals surface area contributed by atoms with Crippen LogP contribution < -0.4 is 0 Å². The van der Waals surface area contributed by atoms with E-state index < -0.39 is 0 Å². The molecule has 0 nitrogen and oxygen atoms in total. The monoisotopic (exact) mass is 250 g/mol. The molecule has 1 aliphatic carbocycles. The molecule has 0 aromatic rings. The van der Waals surface area contributed by atoms with Gasteiger partial charge in [-0.25, -0.2) is 0 Å². The minimum Gasteiger partial charge on any atom is -0.0917 e. The van der Waals surface area contributed by atoms with Crippen molar-refractivity contribution in [3.05, 3.63) is 12.2 Å². The maximum absolute atomic E-state index is 2.43. The molecule has 18 heavy (non-hydrogen) atoms. The second-order valence-corrected chi connectivity index (χ2v) is 6.84. The summed E-state index contributed by atoms with van der Waals surface area (Å²) in [5.74, 6) is 3.83. The molecular formula is C18H34. The van der Waals surface area contributed by atoms with E-state index in [1.54, 1.807) is 0 Å². The molecule has 0 amide bonds. The maximum atomic E-state index is 2.43. The van der Waals surface area contributed by atoms with E-state index in [-0.39, 0.29) is 0 Å². The lowest BCUT2D eigenvalue weighted by molar-refractivity contribution is 0.226. The van der Waals surface area contributed by atoms with Gasteiger partial charge in [-0.2, -0.15) is 0 Å². The van der Waals surface area contributed by atoms with Crippen LogP contribution in [0.15, 0.2) is 12.2 Å². The van der Waals surface area contributed by atoms with Crippen LogP contribution in [-0.2, 0) is 0 Å². The lowest BCUT2D eigenvalue weighted by Gasteiger charge is -2.30. The molecule has 3 unspecified atom stereocenters. The van der Waals surface area contributed by atoms with E-state index in [2.05, 4.69) is 39.8 Å². The standard InChI is InChI=1S/C18H34/c1-5-6-7-9-17-10-8-11-18(14-17)13-12-16(4)15(2)3/h5-6,15-18H,7-14H2,1-4H3. The van der Waals surface area contributed by atoms with Gasteiger partial charge < -0.3 is 0 Å². The Bertz CT molecular complexity index is 226. The Morgan fingerprint density at radius 1 is 1.06 bits per heavy atom. The molecule has 3 atom stereocenters. The summed E-state index contributed by atoms with van der Waals surface area (Å²) in [4.78, 5) is 0. The molecule has 0 aromatic carbocycles. The Morgan fingerprint density at radius 3 is 2.33 bits per heavy atom. The Balaban J connectivity index is 2.22. The molecule has 1 aliphatic rings. The normalized spacial score (nSPS) is 26.9. The highest BCUT2D eigenvalue weighted by molar-refractivity contribution is 4.80. The number of allylic oxidation sites excluding steroid dienone is 2. The van der Waals surface area contributed by atoms with E-state index in [1.165, 1.54) is 51.4 Å². The van der Waals surface area contributed by atoms with Gasteiger partial charge in [0.25, 0.3) is 0 Å². The highest BCUT2D eigenvalue weighted by atomic mass is 14.3. The van der Waals surface area contributed by atoms with Crippen LogP contribution in [0.3, 0.4) is 0 Å². The molecule has 106 valence electrons. The van der Waals surface area contributed by atoms with Crippen LogP contribution in [0.25, 0.3) is 0 Å². The van der Waals surface area contributed by atoms with E-state index in [9.17, 15) is 0 Å². The first-order chi connectivity index (χ1) is 8.63. The Hall–Kier alpha value is -0.260. The van der Waals surface area contributed by atoms with Gasteiger partial charge in [-0.15, -0.1) is 0 Å². The SMILES string of the molecule is CC=CCCC1CCCC(CCC(C)C(C)C)C1. The van der Waals surface area contributed by atoms with Gasteiger partial charge in [0.2, 0.25) is 0 Å². The number of rotatable bonds is 7. The van der Waals surface area contributed by atoms with Crippen LogP contribution in [-0.4, -0.2) is 0 Å². The fraction of sp³-hybridized carbons (Fsp3) is 0.889. The zero-order valence-corrected chi connectivity index (χ0v) is 13.1. The molecular weight excluding hydrogens is 216 g/mol. The second-order valence-electron chi connectivity index (χ2n) is 6.84. The summed E-state index contributed by atoms with van der Waals surface area (Å²) in [6.07, 6.45) is 16.2. The molecule has 0 aliphatic heterocycles. The van der Waals surface area contributed by atoms with E-state index in [4.69, 9.17) is 0 Å². The van der Waals surface area contributed by atoms with Gasteiger partial charge in [0.1, 0.15) is 0 Å². The topological polar surface area (TPSA) is 0 Å². The van der Waals surface area contributed by atoms with Crippen molar-refractivity contribution in [2.45, 2.75) is 79.1 Å².